The molecule has 2 aliphatic heterocycles. The monoisotopic (exact) mass is 278 g/mol. The van der Waals surface area contributed by atoms with Gasteiger partial charge in [0.05, 0.1) is 11.5 Å². The molecule has 0 aromatic rings. The molecule has 20 heavy (non-hydrogen) atoms. The number of hydrogen-bond donors (Lipinski definition) is 1. The standard InChI is InChI=1S/C16H26N2O2/c1-12-8-13(11-17-10-12)18-14(19)9-16(15(18)20)6-4-2-3-5-7-16/h12-13,17H,2-11H2,1H3. The first-order chi connectivity index (χ1) is 9.62. The summed E-state index contributed by atoms with van der Waals surface area (Å²) in [7, 11) is 0. The third kappa shape index (κ3) is 2.39. The lowest BCUT2D eigenvalue weighted by Crippen LogP contribution is -2.51. The van der Waals surface area contributed by atoms with Crippen molar-refractivity contribution in [3.63, 3.8) is 0 Å². The van der Waals surface area contributed by atoms with E-state index in [-0.39, 0.29) is 23.3 Å². The molecular formula is C16H26N2O2. The topological polar surface area (TPSA) is 49.4 Å². The molecule has 1 aliphatic carbocycles. The number of likely N-dealkylation sites (tertiary alicyclic amines) is 1. The van der Waals surface area contributed by atoms with Gasteiger partial charge in [0, 0.05) is 13.0 Å². The molecular weight excluding hydrogens is 252 g/mol. The molecule has 0 radical (unpaired) electrons. The van der Waals surface area contributed by atoms with Crippen LogP contribution in [0.15, 0.2) is 0 Å². The maximum atomic E-state index is 12.9. The van der Waals surface area contributed by atoms with Crippen LogP contribution in [0, 0.1) is 11.3 Å². The second-order valence-corrected chi connectivity index (χ2v) is 7.09. The summed E-state index contributed by atoms with van der Waals surface area (Å²) in [5.74, 6) is 0.767. The molecule has 0 aromatic heterocycles. The van der Waals surface area contributed by atoms with Gasteiger partial charge in [-0.2, -0.15) is 0 Å². The second kappa shape index (κ2) is 5.47. The molecule has 112 valence electrons. The Labute approximate surface area is 121 Å². The summed E-state index contributed by atoms with van der Waals surface area (Å²) in [6.45, 7) is 3.96. The molecule has 3 rings (SSSR count). The SMILES string of the molecule is CC1CNCC(N2C(=O)CC3(CCCCCC3)C2=O)C1. The molecule has 4 heteroatoms. The lowest BCUT2D eigenvalue weighted by Gasteiger charge is -2.35. The number of imide groups is 1. The van der Waals surface area contributed by atoms with Crippen molar-refractivity contribution >= 4 is 11.8 Å². The highest BCUT2D eigenvalue weighted by Gasteiger charge is 2.53. The van der Waals surface area contributed by atoms with Gasteiger partial charge in [0.2, 0.25) is 11.8 Å². The molecule has 2 heterocycles. The van der Waals surface area contributed by atoms with Crippen molar-refractivity contribution in [2.75, 3.05) is 13.1 Å². The summed E-state index contributed by atoms with van der Waals surface area (Å²) >= 11 is 0. The number of rotatable bonds is 1. The van der Waals surface area contributed by atoms with Crippen LogP contribution in [0.3, 0.4) is 0 Å². The first-order valence-corrected chi connectivity index (χ1v) is 8.20. The van der Waals surface area contributed by atoms with Crippen molar-refractivity contribution in [1.82, 2.24) is 10.2 Å². The van der Waals surface area contributed by atoms with Crippen LogP contribution in [-0.4, -0.2) is 35.8 Å². The fraction of sp³-hybridized carbons (Fsp3) is 0.875. The van der Waals surface area contributed by atoms with E-state index in [1.165, 1.54) is 12.8 Å². The fourth-order valence-corrected chi connectivity index (χ4v) is 4.31. The summed E-state index contributed by atoms with van der Waals surface area (Å²) in [5.41, 5.74) is -0.339. The van der Waals surface area contributed by atoms with Crippen molar-refractivity contribution in [3.05, 3.63) is 0 Å². The molecule has 0 bridgehead atoms. The summed E-state index contributed by atoms with van der Waals surface area (Å²) < 4.78 is 0. The summed E-state index contributed by atoms with van der Waals surface area (Å²) in [6, 6.07) is 0.0846. The van der Waals surface area contributed by atoms with E-state index in [0.29, 0.717) is 12.3 Å². The third-order valence-corrected chi connectivity index (χ3v) is 5.40. The van der Waals surface area contributed by atoms with Gasteiger partial charge in [-0.3, -0.25) is 14.5 Å². The first-order valence-electron chi connectivity index (χ1n) is 8.20. The van der Waals surface area contributed by atoms with E-state index in [0.717, 1.165) is 45.2 Å². The zero-order valence-electron chi connectivity index (χ0n) is 12.5. The van der Waals surface area contributed by atoms with Crippen LogP contribution in [0.4, 0.5) is 0 Å². The van der Waals surface area contributed by atoms with Crippen LogP contribution < -0.4 is 5.32 Å². The Morgan fingerprint density at radius 1 is 1.10 bits per heavy atom. The van der Waals surface area contributed by atoms with Crippen molar-refractivity contribution in [2.45, 2.75) is 64.3 Å². The normalized spacial score (nSPS) is 34.5. The summed E-state index contributed by atoms with van der Waals surface area (Å²) in [6.07, 6.45) is 7.90. The average Bonchev–Trinajstić information content (AvgIpc) is 2.58. The van der Waals surface area contributed by atoms with E-state index in [4.69, 9.17) is 0 Å². The van der Waals surface area contributed by atoms with Crippen molar-refractivity contribution in [1.29, 1.82) is 0 Å². The number of nitrogens with zero attached hydrogens (tertiary/aromatic N) is 1. The second-order valence-electron chi connectivity index (χ2n) is 7.09. The van der Waals surface area contributed by atoms with Gasteiger partial charge in [-0.25, -0.2) is 0 Å². The predicted octanol–water partition coefficient (Wildman–Crippen LogP) is 2.08. The lowest BCUT2D eigenvalue weighted by molar-refractivity contribution is -0.145. The van der Waals surface area contributed by atoms with Gasteiger partial charge in [-0.15, -0.1) is 0 Å². The number of hydrogen-bond acceptors (Lipinski definition) is 3. The van der Waals surface area contributed by atoms with E-state index >= 15 is 0 Å². The number of carbonyl (C=O) groups is 2. The highest BCUT2D eigenvalue weighted by molar-refractivity contribution is 6.06. The molecule has 1 N–H and O–H groups in total. The van der Waals surface area contributed by atoms with Gasteiger partial charge in [-0.1, -0.05) is 32.6 Å². The Balaban J connectivity index is 1.79. The maximum absolute atomic E-state index is 12.9. The zero-order valence-corrected chi connectivity index (χ0v) is 12.5. The molecule has 4 nitrogen and oxygen atoms in total. The largest absolute Gasteiger partial charge is 0.314 e. The van der Waals surface area contributed by atoms with Crippen LogP contribution in [0.5, 0.6) is 0 Å². The highest BCUT2D eigenvalue weighted by atomic mass is 16.2. The zero-order chi connectivity index (χ0) is 14.2. The summed E-state index contributed by atoms with van der Waals surface area (Å²) in [5, 5.41) is 3.36. The minimum atomic E-state index is -0.339. The van der Waals surface area contributed by atoms with Gasteiger partial charge >= 0.3 is 0 Å². The Bertz CT molecular complexity index is 399. The van der Waals surface area contributed by atoms with E-state index in [1.54, 1.807) is 4.90 Å². The molecule has 3 fully saturated rings. The Kier molecular flexibility index (Phi) is 3.85. The van der Waals surface area contributed by atoms with Gasteiger partial charge in [-0.05, 0) is 31.7 Å². The number of carbonyl (C=O) groups excluding carboxylic acids is 2. The minimum absolute atomic E-state index is 0.0813. The van der Waals surface area contributed by atoms with E-state index < -0.39 is 0 Å². The first kappa shape index (κ1) is 14.1. The van der Waals surface area contributed by atoms with Gasteiger partial charge in [0.1, 0.15) is 0 Å². The average molecular weight is 278 g/mol. The van der Waals surface area contributed by atoms with Crippen molar-refractivity contribution in [2.24, 2.45) is 11.3 Å². The Morgan fingerprint density at radius 2 is 1.80 bits per heavy atom. The van der Waals surface area contributed by atoms with Crippen LogP contribution in [0.1, 0.15) is 58.3 Å². The van der Waals surface area contributed by atoms with Crippen LogP contribution in [-0.2, 0) is 9.59 Å². The summed E-state index contributed by atoms with van der Waals surface area (Å²) in [4.78, 5) is 27.0. The van der Waals surface area contributed by atoms with Gasteiger partial charge < -0.3 is 5.32 Å². The smallest absolute Gasteiger partial charge is 0.236 e. The molecule has 3 aliphatic rings. The minimum Gasteiger partial charge on any atom is -0.314 e. The number of piperidine rings is 1. The van der Waals surface area contributed by atoms with Crippen molar-refractivity contribution in [3.8, 4) is 0 Å². The molecule has 2 amide bonds. The molecule has 2 unspecified atom stereocenters. The molecule has 1 saturated carbocycles. The van der Waals surface area contributed by atoms with E-state index in [9.17, 15) is 9.59 Å². The lowest BCUT2D eigenvalue weighted by atomic mass is 9.79. The van der Waals surface area contributed by atoms with Crippen molar-refractivity contribution < 1.29 is 9.59 Å². The van der Waals surface area contributed by atoms with Crippen LogP contribution in [0.2, 0.25) is 0 Å². The van der Waals surface area contributed by atoms with E-state index in [2.05, 4.69) is 12.2 Å². The molecule has 1 spiro atoms. The Hall–Kier alpha value is -0.900. The third-order valence-electron chi connectivity index (χ3n) is 5.40. The van der Waals surface area contributed by atoms with Crippen LogP contribution in [0.25, 0.3) is 0 Å². The van der Waals surface area contributed by atoms with E-state index in [1.807, 2.05) is 0 Å². The molecule has 2 saturated heterocycles. The van der Waals surface area contributed by atoms with Gasteiger partial charge in [0.25, 0.3) is 0 Å². The predicted molar refractivity (Wildman–Crippen MR) is 77.0 cm³/mol. The maximum Gasteiger partial charge on any atom is 0.236 e. The quantitative estimate of drug-likeness (QED) is 0.747. The van der Waals surface area contributed by atoms with Gasteiger partial charge in [0.15, 0.2) is 0 Å². The number of nitrogens with one attached hydrogen (secondary N) is 1. The van der Waals surface area contributed by atoms with Crippen LogP contribution >= 0.6 is 0 Å². The fourth-order valence-electron chi connectivity index (χ4n) is 4.31. The Morgan fingerprint density at radius 3 is 2.45 bits per heavy atom. The number of amides is 2. The highest BCUT2D eigenvalue weighted by Crippen LogP contribution is 2.45. The molecule has 0 aromatic carbocycles. The molecule has 2 atom stereocenters.